The van der Waals surface area contributed by atoms with E-state index in [4.69, 9.17) is 4.42 Å². The number of nitrogens with zero attached hydrogens (tertiary/aromatic N) is 1. The molecule has 0 radical (unpaired) electrons. The van der Waals surface area contributed by atoms with Crippen molar-refractivity contribution >= 4 is 15.7 Å². The van der Waals surface area contributed by atoms with Crippen LogP contribution in [0.5, 0.6) is 0 Å². The molecule has 0 saturated heterocycles. The Morgan fingerprint density at radius 3 is 2.56 bits per heavy atom. The van der Waals surface area contributed by atoms with E-state index < -0.39 is 10.0 Å². The number of aromatic nitrogens is 1. The molecule has 1 fully saturated rings. The Morgan fingerprint density at radius 1 is 1.22 bits per heavy atom. The van der Waals surface area contributed by atoms with Crippen LogP contribution in [-0.4, -0.2) is 31.2 Å². The van der Waals surface area contributed by atoms with Gasteiger partial charge < -0.3 is 9.73 Å². The van der Waals surface area contributed by atoms with Gasteiger partial charge in [-0.25, -0.2) is 18.1 Å². The number of rotatable bonds is 7. The van der Waals surface area contributed by atoms with Crippen molar-refractivity contribution in [3.63, 3.8) is 0 Å². The summed E-state index contributed by atoms with van der Waals surface area (Å²) in [5.74, 6) is 1.20. The van der Waals surface area contributed by atoms with E-state index >= 15 is 0 Å². The van der Waals surface area contributed by atoms with Crippen LogP contribution in [0.3, 0.4) is 0 Å². The van der Waals surface area contributed by atoms with Gasteiger partial charge >= 0.3 is 0 Å². The first kappa shape index (κ1) is 19.9. The van der Waals surface area contributed by atoms with Crippen molar-refractivity contribution in [2.24, 2.45) is 5.92 Å². The van der Waals surface area contributed by atoms with E-state index in [1.54, 1.807) is 26.3 Å². The topological polar surface area (TPSA) is 84.2 Å². The standard InChI is InChI=1S/C20H29N3O3S/c1-14(2)27(24,25)23-18-7-4-16(5-8-18)13-22-19-9-6-17(12-15(19)3)20-21-10-11-26-20/h6,9-12,14,16,18,22-23H,4-5,7-8,13H2,1-3H3/t16-,18-. The molecule has 1 aliphatic rings. The van der Waals surface area contributed by atoms with Crippen molar-refractivity contribution in [1.29, 1.82) is 0 Å². The van der Waals surface area contributed by atoms with Gasteiger partial charge in [-0.2, -0.15) is 0 Å². The van der Waals surface area contributed by atoms with Crippen LogP contribution < -0.4 is 10.0 Å². The predicted molar refractivity (Wildman–Crippen MR) is 108 cm³/mol. The maximum atomic E-state index is 12.0. The molecule has 2 N–H and O–H groups in total. The number of sulfonamides is 1. The molecule has 7 heteroatoms. The first-order valence-corrected chi connectivity index (χ1v) is 11.2. The van der Waals surface area contributed by atoms with Crippen LogP contribution in [0.4, 0.5) is 5.69 Å². The third-order valence-corrected chi connectivity index (χ3v) is 7.19. The van der Waals surface area contributed by atoms with Crippen molar-refractivity contribution in [1.82, 2.24) is 9.71 Å². The summed E-state index contributed by atoms with van der Waals surface area (Å²) >= 11 is 0. The van der Waals surface area contributed by atoms with E-state index in [1.165, 1.54) is 0 Å². The number of oxazole rings is 1. The van der Waals surface area contributed by atoms with Crippen LogP contribution in [0.15, 0.2) is 35.1 Å². The monoisotopic (exact) mass is 391 g/mol. The van der Waals surface area contributed by atoms with Gasteiger partial charge in [0.15, 0.2) is 0 Å². The summed E-state index contributed by atoms with van der Waals surface area (Å²) in [4.78, 5) is 4.18. The van der Waals surface area contributed by atoms with E-state index in [0.717, 1.165) is 49.0 Å². The molecule has 3 rings (SSSR count). The Morgan fingerprint density at radius 2 is 1.96 bits per heavy atom. The maximum absolute atomic E-state index is 12.0. The highest BCUT2D eigenvalue weighted by Crippen LogP contribution is 2.27. The average Bonchev–Trinajstić information content (AvgIpc) is 3.16. The van der Waals surface area contributed by atoms with Crippen LogP contribution >= 0.6 is 0 Å². The third kappa shape index (κ3) is 5.11. The molecule has 1 saturated carbocycles. The summed E-state index contributed by atoms with van der Waals surface area (Å²) in [6.07, 6.45) is 7.10. The van der Waals surface area contributed by atoms with Crippen LogP contribution in [0.25, 0.3) is 11.5 Å². The van der Waals surface area contributed by atoms with E-state index in [9.17, 15) is 8.42 Å². The van der Waals surface area contributed by atoms with Gasteiger partial charge in [-0.3, -0.25) is 0 Å². The lowest BCUT2D eigenvalue weighted by Crippen LogP contribution is -2.41. The Balaban J connectivity index is 1.49. The van der Waals surface area contributed by atoms with Gasteiger partial charge in [-0.1, -0.05) is 0 Å². The van der Waals surface area contributed by atoms with E-state index in [2.05, 4.69) is 34.1 Å². The summed E-state index contributed by atoms with van der Waals surface area (Å²) < 4.78 is 32.2. The first-order valence-electron chi connectivity index (χ1n) is 9.60. The van der Waals surface area contributed by atoms with Crippen molar-refractivity contribution in [2.75, 3.05) is 11.9 Å². The number of anilines is 1. The second-order valence-electron chi connectivity index (χ2n) is 7.68. The van der Waals surface area contributed by atoms with Gasteiger partial charge in [0.25, 0.3) is 0 Å². The van der Waals surface area contributed by atoms with Gasteiger partial charge in [0.1, 0.15) is 6.26 Å². The Bertz CT molecular complexity index is 839. The van der Waals surface area contributed by atoms with Crippen LogP contribution in [0.1, 0.15) is 45.1 Å². The van der Waals surface area contributed by atoms with E-state index in [-0.39, 0.29) is 11.3 Å². The lowest BCUT2D eigenvalue weighted by molar-refractivity contribution is 0.323. The third-order valence-electron chi connectivity index (χ3n) is 5.29. The summed E-state index contributed by atoms with van der Waals surface area (Å²) in [5.41, 5.74) is 3.25. The molecule has 27 heavy (non-hydrogen) atoms. The van der Waals surface area contributed by atoms with Crippen molar-refractivity contribution < 1.29 is 12.8 Å². The molecule has 0 bridgehead atoms. The number of hydrogen-bond donors (Lipinski definition) is 2. The smallest absolute Gasteiger partial charge is 0.225 e. The van der Waals surface area contributed by atoms with E-state index in [0.29, 0.717) is 11.8 Å². The zero-order valence-electron chi connectivity index (χ0n) is 16.2. The fourth-order valence-corrected chi connectivity index (χ4v) is 4.44. The fraction of sp³-hybridized carbons (Fsp3) is 0.550. The Hall–Kier alpha value is -1.86. The van der Waals surface area contributed by atoms with Gasteiger partial charge in [-0.15, -0.1) is 0 Å². The van der Waals surface area contributed by atoms with Gasteiger partial charge in [0.05, 0.1) is 11.4 Å². The highest BCUT2D eigenvalue weighted by molar-refractivity contribution is 7.90. The molecule has 2 aromatic rings. The normalized spacial score (nSPS) is 20.7. The molecule has 6 nitrogen and oxygen atoms in total. The molecular formula is C20H29N3O3S. The molecule has 0 amide bonds. The largest absolute Gasteiger partial charge is 0.445 e. The van der Waals surface area contributed by atoms with Crippen molar-refractivity contribution in [3.8, 4) is 11.5 Å². The second kappa shape index (κ2) is 8.44. The molecule has 1 aliphatic carbocycles. The molecule has 0 spiro atoms. The second-order valence-corrected chi connectivity index (χ2v) is 9.95. The molecule has 1 aromatic heterocycles. The minimum absolute atomic E-state index is 0.0791. The molecule has 1 heterocycles. The molecule has 1 aromatic carbocycles. The van der Waals surface area contributed by atoms with E-state index in [1.807, 2.05) is 6.07 Å². The maximum Gasteiger partial charge on any atom is 0.225 e. The molecular weight excluding hydrogens is 362 g/mol. The van der Waals surface area contributed by atoms with Gasteiger partial charge in [-0.05, 0) is 76.1 Å². The Labute approximate surface area is 161 Å². The minimum atomic E-state index is -3.18. The molecule has 148 valence electrons. The van der Waals surface area contributed by atoms with Crippen LogP contribution in [0, 0.1) is 12.8 Å². The quantitative estimate of drug-likeness (QED) is 0.747. The SMILES string of the molecule is Cc1cc(-c2ncco2)ccc1NC[C@H]1CC[C@H](NS(=O)(=O)C(C)C)CC1. The lowest BCUT2D eigenvalue weighted by atomic mass is 9.86. The minimum Gasteiger partial charge on any atom is -0.445 e. The number of benzene rings is 1. The summed E-state index contributed by atoms with van der Waals surface area (Å²) in [6, 6.07) is 6.23. The molecule has 0 atom stereocenters. The Kier molecular flexibility index (Phi) is 6.22. The summed E-state index contributed by atoms with van der Waals surface area (Å²) in [6.45, 7) is 6.41. The zero-order chi connectivity index (χ0) is 19.4. The van der Waals surface area contributed by atoms with Crippen molar-refractivity contribution in [3.05, 3.63) is 36.2 Å². The highest BCUT2D eigenvalue weighted by Gasteiger charge is 2.26. The fourth-order valence-electron chi connectivity index (χ4n) is 3.47. The van der Waals surface area contributed by atoms with Crippen molar-refractivity contribution in [2.45, 2.75) is 57.7 Å². The predicted octanol–water partition coefficient (Wildman–Crippen LogP) is 3.95. The number of aryl methyl sites for hydroxylation is 1. The number of nitrogens with one attached hydrogen (secondary N) is 2. The highest BCUT2D eigenvalue weighted by atomic mass is 32.2. The molecule has 0 aliphatic heterocycles. The average molecular weight is 392 g/mol. The number of hydrogen-bond acceptors (Lipinski definition) is 5. The van der Waals surface area contributed by atoms with Crippen LogP contribution in [0.2, 0.25) is 0 Å². The van der Waals surface area contributed by atoms with Crippen LogP contribution in [-0.2, 0) is 10.0 Å². The molecule has 0 unspecified atom stereocenters. The summed E-state index contributed by atoms with van der Waals surface area (Å²) in [7, 11) is -3.18. The first-order chi connectivity index (χ1) is 12.8. The van der Waals surface area contributed by atoms with Gasteiger partial charge in [0, 0.05) is 23.8 Å². The van der Waals surface area contributed by atoms with Gasteiger partial charge in [0.2, 0.25) is 15.9 Å². The summed E-state index contributed by atoms with van der Waals surface area (Å²) in [5, 5.41) is 3.17. The lowest BCUT2D eigenvalue weighted by Gasteiger charge is -2.30. The zero-order valence-corrected chi connectivity index (χ0v) is 17.1.